The molecule has 0 atom stereocenters. The number of nitro groups is 2. The van der Waals surface area contributed by atoms with E-state index in [1.54, 1.807) is 0 Å². The van der Waals surface area contributed by atoms with Crippen LogP contribution in [0.1, 0.15) is 11.4 Å². The fraction of sp³-hybridized carbons (Fsp3) is 0. The van der Waals surface area contributed by atoms with E-state index >= 15 is 0 Å². The van der Waals surface area contributed by atoms with Crippen LogP contribution in [0.4, 0.5) is 11.4 Å². The van der Waals surface area contributed by atoms with Gasteiger partial charge in [-0.15, -0.1) is 0 Å². The summed E-state index contributed by atoms with van der Waals surface area (Å²) in [6, 6.07) is 2.20. The van der Waals surface area contributed by atoms with Gasteiger partial charge in [0.2, 0.25) is 0 Å². The molecule has 0 amide bonds. The lowest BCUT2D eigenvalue weighted by Gasteiger charge is -2.08. The Hall–Kier alpha value is -3.76. The minimum absolute atomic E-state index is 0.230. The number of fused-ring (bicyclic) bond motifs is 1. The van der Waals surface area contributed by atoms with Crippen LogP contribution in [0.15, 0.2) is 48.8 Å². The van der Waals surface area contributed by atoms with Crippen LogP contribution in [0.2, 0.25) is 0 Å². The van der Waals surface area contributed by atoms with Gasteiger partial charge in [0, 0.05) is 12.2 Å². The number of nitro benzene ring substituents is 2. The van der Waals surface area contributed by atoms with Crippen molar-refractivity contribution in [3.8, 4) is 0 Å². The van der Waals surface area contributed by atoms with E-state index in [2.05, 4.69) is 9.97 Å². The molecule has 4 N–H and O–H groups in total. The third kappa shape index (κ3) is 2.55. The molecular formula is C16H12N6O4+2. The second-order valence-corrected chi connectivity index (χ2v) is 5.61. The van der Waals surface area contributed by atoms with E-state index < -0.39 is 21.2 Å². The van der Waals surface area contributed by atoms with Gasteiger partial charge in [-0.1, -0.05) is 0 Å². The highest BCUT2D eigenvalue weighted by Gasteiger charge is 2.29. The first-order valence-electron chi connectivity index (χ1n) is 7.63. The van der Waals surface area contributed by atoms with Crippen molar-refractivity contribution in [3.63, 3.8) is 0 Å². The molecule has 2 aliphatic heterocycles. The summed E-state index contributed by atoms with van der Waals surface area (Å²) in [4.78, 5) is 29.9. The normalized spacial score (nSPS) is 15.4. The smallest absolute Gasteiger partial charge is 0.286 e. The van der Waals surface area contributed by atoms with Gasteiger partial charge < -0.3 is 0 Å². The molecule has 0 spiro atoms. The van der Waals surface area contributed by atoms with E-state index in [9.17, 15) is 20.2 Å². The second kappa shape index (κ2) is 5.95. The lowest BCUT2D eigenvalue weighted by atomic mass is 10.1. The number of nitrogens with zero attached hydrogens (tertiary/aromatic N) is 4. The van der Waals surface area contributed by atoms with Crippen molar-refractivity contribution in [3.05, 3.63) is 80.5 Å². The summed E-state index contributed by atoms with van der Waals surface area (Å²) in [7, 11) is 0. The number of nitrogens with two attached hydrogens (primary N) is 2. The van der Waals surface area contributed by atoms with Gasteiger partial charge in [-0.2, -0.15) is 0 Å². The molecule has 10 heteroatoms. The molecule has 128 valence electrons. The van der Waals surface area contributed by atoms with Crippen LogP contribution in [0.25, 0.3) is 22.4 Å². The Morgan fingerprint density at radius 2 is 1.19 bits per heavy atom. The lowest BCUT2D eigenvalue weighted by Crippen LogP contribution is -2.74. The van der Waals surface area contributed by atoms with E-state index in [4.69, 9.17) is 0 Å². The highest BCUT2D eigenvalue weighted by atomic mass is 16.6. The summed E-state index contributed by atoms with van der Waals surface area (Å²) in [5.74, 6) is 0. The lowest BCUT2D eigenvalue weighted by molar-refractivity contribution is -0.487. The Kier molecular flexibility index (Phi) is 3.60. The van der Waals surface area contributed by atoms with Crippen LogP contribution in [-0.2, 0) is 0 Å². The highest BCUT2D eigenvalue weighted by molar-refractivity contribution is 5.85. The average molecular weight is 352 g/mol. The Labute approximate surface area is 145 Å². The maximum atomic E-state index is 11.2. The Morgan fingerprint density at radius 3 is 1.50 bits per heavy atom. The molecular weight excluding hydrogens is 340 g/mol. The van der Waals surface area contributed by atoms with Crippen LogP contribution in [0.5, 0.6) is 0 Å². The third-order valence-electron chi connectivity index (χ3n) is 4.03. The summed E-state index contributed by atoms with van der Waals surface area (Å²) in [6.45, 7) is 0. The molecule has 0 saturated carbocycles. The maximum Gasteiger partial charge on any atom is 0.348 e. The van der Waals surface area contributed by atoms with Crippen molar-refractivity contribution in [2.75, 3.05) is 0 Å². The number of quaternary nitrogens is 2. The van der Waals surface area contributed by atoms with Crippen LogP contribution in [0.3, 0.4) is 0 Å². The molecule has 0 radical (unpaired) electrons. The second-order valence-electron chi connectivity index (χ2n) is 5.61. The zero-order chi connectivity index (χ0) is 18.3. The van der Waals surface area contributed by atoms with E-state index in [0.29, 0.717) is 11.4 Å². The SMILES string of the molecule is O=[N+]([O-])c1cc2nc(C3=CC=C[NH2+]3)c(C3=CC=C[NH2+]3)nc2cc1[N+](=O)[O-]. The molecule has 2 aromatic rings. The van der Waals surface area contributed by atoms with Crippen molar-refractivity contribution < 1.29 is 20.5 Å². The zero-order valence-electron chi connectivity index (χ0n) is 13.2. The molecule has 4 rings (SSSR count). The number of benzene rings is 1. The largest absolute Gasteiger partial charge is 0.348 e. The predicted molar refractivity (Wildman–Crippen MR) is 90.9 cm³/mol. The predicted octanol–water partition coefficient (Wildman–Crippen LogP) is 0.309. The fourth-order valence-electron chi connectivity index (χ4n) is 2.84. The first-order chi connectivity index (χ1) is 12.5. The molecule has 3 heterocycles. The Balaban J connectivity index is 1.99. The molecule has 0 fully saturated rings. The van der Waals surface area contributed by atoms with Gasteiger partial charge >= 0.3 is 11.4 Å². The van der Waals surface area contributed by atoms with Crippen molar-refractivity contribution in [1.82, 2.24) is 9.97 Å². The number of hydrogen-bond acceptors (Lipinski definition) is 6. The van der Waals surface area contributed by atoms with E-state index in [1.165, 1.54) is 0 Å². The molecule has 1 aromatic heterocycles. The van der Waals surface area contributed by atoms with E-state index in [-0.39, 0.29) is 11.0 Å². The first-order valence-corrected chi connectivity index (χ1v) is 7.63. The molecule has 0 aliphatic carbocycles. The van der Waals surface area contributed by atoms with Crippen LogP contribution in [0, 0.1) is 20.2 Å². The zero-order valence-corrected chi connectivity index (χ0v) is 13.2. The maximum absolute atomic E-state index is 11.2. The van der Waals surface area contributed by atoms with Crippen molar-refractivity contribution in [2.45, 2.75) is 0 Å². The van der Waals surface area contributed by atoms with Gasteiger partial charge in [-0.05, 0) is 12.2 Å². The topological polar surface area (TPSA) is 145 Å². The minimum atomic E-state index is -0.785. The van der Waals surface area contributed by atoms with E-state index in [0.717, 1.165) is 23.5 Å². The summed E-state index contributed by atoms with van der Waals surface area (Å²) in [6.07, 6.45) is 11.1. The average Bonchev–Trinajstić information content (AvgIpc) is 3.32. The summed E-state index contributed by atoms with van der Waals surface area (Å²) >= 11 is 0. The molecule has 0 unspecified atom stereocenters. The van der Waals surface area contributed by atoms with Crippen LogP contribution in [-0.4, -0.2) is 19.8 Å². The quantitative estimate of drug-likeness (QED) is 0.598. The van der Waals surface area contributed by atoms with Gasteiger partial charge in [-0.25, -0.2) is 9.97 Å². The molecule has 1 aromatic carbocycles. The molecule has 26 heavy (non-hydrogen) atoms. The third-order valence-corrected chi connectivity index (χ3v) is 4.03. The standard InChI is InChI=1S/C16H10N6O4/c23-21(24)13-7-11-12(8-14(13)22(25)26)20-16(10-4-2-6-18-10)15(19-11)9-3-1-5-17-9/h1-8,17-18H/p+2. The molecule has 2 aliphatic rings. The molecule has 10 nitrogen and oxygen atoms in total. The van der Waals surface area contributed by atoms with Gasteiger partial charge in [0.05, 0.1) is 45.4 Å². The van der Waals surface area contributed by atoms with E-state index in [1.807, 2.05) is 47.3 Å². The van der Waals surface area contributed by atoms with Crippen molar-refractivity contribution in [1.29, 1.82) is 0 Å². The summed E-state index contributed by atoms with van der Waals surface area (Å²) in [5, 5.41) is 26.1. The van der Waals surface area contributed by atoms with Crippen LogP contribution >= 0.6 is 0 Å². The Morgan fingerprint density at radius 1 is 0.769 bits per heavy atom. The minimum Gasteiger partial charge on any atom is -0.286 e. The number of hydrogen-bond donors (Lipinski definition) is 2. The van der Waals surface area contributed by atoms with Crippen molar-refractivity contribution in [2.24, 2.45) is 0 Å². The fourth-order valence-corrected chi connectivity index (χ4v) is 2.84. The first kappa shape index (κ1) is 15.7. The van der Waals surface area contributed by atoms with Gasteiger partial charge in [0.1, 0.15) is 0 Å². The monoisotopic (exact) mass is 352 g/mol. The van der Waals surface area contributed by atoms with Gasteiger partial charge in [-0.3, -0.25) is 30.9 Å². The Bertz CT molecular complexity index is 1010. The van der Waals surface area contributed by atoms with Crippen molar-refractivity contribution >= 4 is 33.8 Å². The number of aromatic nitrogens is 2. The number of rotatable bonds is 4. The number of allylic oxidation sites excluding steroid dienone is 4. The van der Waals surface area contributed by atoms with Gasteiger partial charge in [0.25, 0.3) is 0 Å². The summed E-state index contributed by atoms with van der Waals surface area (Å²) in [5.41, 5.74) is 2.02. The highest BCUT2D eigenvalue weighted by Crippen LogP contribution is 2.32. The molecule has 0 bridgehead atoms. The summed E-state index contributed by atoms with van der Waals surface area (Å²) < 4.78 is 0. The molecule has 0 saturated heterocycles. The van der Waals surface area contributed by atoms with Gasteiger partial charge in [0.15, 0.2) is 22.8 Å². The van der Waals surface area contributed by atoms with Crippen LogP contribution < -0.4 is 10.6 Å².